The van der Waals surface area contributed by atoms with Gasteiger partial charge in [-0.05, 0) is 33.0 Å². The van der Waals surface area contributed by atoms with Crippen LogP contribution in [0.1, 0.15) is 33.3 Å². The molecular formula is C21H36ClN4O2+. The Bertz CT molecular complexity index is 616. The number of quaternary nitrogens is 1. The smallest absolute Gasteiger partial charge is 0.309 e. The molecule has 0 spiro atoms. The molecule has 0 radical (unpaired) electrons. The molecule has 0 atom stereocenters. The Labute approximate surface area is 174 Å². The SMILES string of the molecule is CCN(CC)CCNC(=O)C(=O)NCC[N+](CC)(CC)Cc1ccccc1Cl. The zero-order valence-corrected chi connectivity index (χ0v) is 18.5. The molecule has 6 nitrogen and oxygen atoms in total. The number of hydrogen-bond donors (Lipinski definition) is 2. The minimum Gasteiger partial charge on any atom is -0.347 e. The van der Waals surface area contributed by atoms with Crippen molar-refractivity contribution in [1.82, 2.24) is 15.5 Å². The molecule has 0 aliphatic carbocycles. The Morgan fingerprint density at radius 2 is 1.54 bits per heavy atom. The van der Waals surface area contributed by atoms with Crippen molar-refractivity contribution >= 4 is 23.4 Å². The Hall–Kier alpha value is -1.63. The molecule has 0 saturated carbocycles. The van der Waals surface area contributed by atoms with Crippen molar-refractivity contribution in [3.05, 3.63) is 34.9 Å². The molecule has 28 heavy (non-hydrogen) atoms. The summed E-state index contributed by atoms with van der Waals surface area (Å²) < 4.78 is 0.799. The van der Waals surface area contributed by atoms with Crippen molar-refractivity contribution in [2.75, 3.05) is 52.4 Å². The summed E-state index contributed by atoms with van der Waals surface area (Å²) in [4.78, 5) is 26.2. The lowest BCUT2D eigenvalue weighted by atomic mass is 10.1. The molecule has 0 unspecified atom stereocenters. The molecule has 0 heterocycles. The van der Waals surface area contributed by atoms with Gasteiger partial charge in [0.15, 0.2) is 0 Å². The molecule has 2 N–H and O–H groups in total. The van der Waals surface area contributed by atoms with Crippen LogP contribution in [0.25, 0.3) is 0 Å². The molecule has 0 aliphatic rings. The second-order valence-electron chi connectivity index (χ2n) is 6.99. The van der Waals surface area contributed by atoms with Crippen LogP contribution in [0.4, 0.5) is 0 Å². The number of likely N-dealkylation sites (N-methyl/N-ethyl adjacent to an activating group) is 2. The van der Waals surface area contributed by atoms with E-state index in [1.165, 1.54) is 0 Å². The Morgan fingerprint density at radius 3 is 2.07 bits per heavy atom. The second-order valence-corrected chi connectivity index (χ2v) is 7.39. The first kappa shape index (κ1) is 24.4. The van der Waals surface area contributed by atoms with Crippen LogP contribution in [0.5, 0.6) is 0 Å². The number of carbonyl (C=O) groups is 2. The minimum atomic E-state index is -0.567. The number of carbonyl (C=O) groups excluding carboxylic acids is 2. The molecule has 0 fully saturated rings. The molecule has 7 heteroatoms. The highest BCUT2D eigenvalue weighted by atomic mass is 35.5. The second kappa shape index (κ2) is 12.8. The van der Waals surface area contributed by atoms with Crippen LogP contribution in [0.3, 0.4) is 0 Å². The third-order valence-electron chi connectivity index (χ3n) is 5.49. The van der Waals surface area contributed by atoms with Crippen LogP contribution in [-0.4, -0.2) is 73.6 Å². The van der Waals surface area contributed by atoms with E-state index < -0.39 is 11.8 Å². The fourth-order valence-electron chi connectivity index (χ4n) is 3.27. The molecule has 158 valence electrons. The zero-order valence-electron chi connectivity index (χ0n) is 17.8. The van der Waals surface area contributed by atoms with E-state index in [0.717, 1.165) is 60.9 Å². The highest BCUT2D eigenvalue weighted by Gasteiger charge is 2.25. The molecule has 1 rings (SSSR count). The summed E-state index contributed by atoms with van der Waals surface area (Å²) in [5, 5.41) is 6.22. The van der Waals surface area contributed by atoms with Gasteiger partial charge in [-0.3, -0.25) is 9.59 Å². The van der Waals surface area contributed by atoms with E-state index in [1.807, 2.05) is 24.3 Å². The summed E-state index contributed by atoms with van der Waals surface area (Å²) in [5.74, 6) is -1.13. The largest absolute Gasteiger partial charge is 0.347 e. The number of nitrogens with one attached hydrogen (secondary N) is 2. The van der Waals surface area contributed by atoms with E-state index in [9.17, 15) is 9.59 Å². The van der Waals surface area contributed by atoms with Crippen LogP contribution in [0, 0.1) is 0 Å². The highest BCUT2D eigenvalue weighted by molar-refractivity contribution is 6.35. The van der Waals surface area contributed by atoms with Gasteiger partial charge in [0.25, 0.3) is 0 Å². The quantitative estimate of drug-likeness (QED) is 0.409. The predicted molar refractivity (Wildman–Crippen MR) is 115 cm³/mol. The first-order chi connectivity index (χ1) is 13.4. The zero-order chi connectivity index (χ0) is 21.0. The lowest BCUT2D eigenvalue weighted by Gasteiger charge is -2.37. The maximum atomic E-state index is 12.1. The van der Waals surface area contributed by atoms with Gasteiger partial charge >= 0.3 is 11.8 Å². The maximum Gasteiger partial charge on any atom is 0.309 e. The number of nitrogens with zero attached hydrogens (tertiary/aromatic N) is 2. The van der Waals surface area contributed by atoms with Gasteiger partial charge in [-0.15, -0.1) is 0 Å². The molecule has 0 aliphatic heterocycles. The van der Waals surface area contributed by atoms with E-state index in [0.29, 0.717) is 13.1 Å². The van der Waals surface area contributed by atoms with Crippen LogP contribution in [-0.2, 0) is 16.1 Å². The van der Waals surface area contributed by atoms with Crippen molar-refractivity contribution in [3.8, 4) is 0 Å². The number of benzene rings is 1. The molecular weight excluding hydrogens is 376 g/mol. The average Bonchev–Trinajstić information content (AvgIpc) is 2.71. The summed E-state index contributed by atoms with van der Waals surface area (Å²) in [7, 11) is 0. The third-order valence-corrected chi connectivity index (χ3v) is 5.86. The summed E-state index contributed by atoms with van der Waals surface area (Å²) in [6.45, 7) is 15.4. The maximum absolute atomic E-state index is 12.1. The average molecular weight is 412 g/mol. The van der Waals surface area contributed by atoms with E-state index in [-0.39, 0.29) is 0 Å². The topological polar surface area (TPSA) is 61.4 Å². The van der Waals surface area contributed by atoms with Crippen LogP contribution >= 0.6 is 11.6 Å². The summed E-state index contributed by atoms with van der Waals surface area (Å²) in [6, 6.07) is 7.87. The van der Waals surface area contributed by atoms with Gasteiger partial charge in [0.05, 0.1) is 26.2 Å². The van der Waals surface area contributed by atoms with E-state index >= 15 is 0 Å². The summed E-state index contributed by atoms with van der Waals surface area (Å²) in [5.41, 5.74) is 1.10. The lowest BCUT2D eigenvalue weighted by Crippen LogP contribution is -2.52. The number of hydrogen-bond acceptors (Lipinski definition) is 3. The van der Waals surface area contributed by atoms with Crippen LogP contribution in [0.2, 0.25) is 5.02 Å². The number of rotatable bonds is 12. The molecule has 0 saturated heterocycles. The van der Waals surface area contributed by atoms with Crippen molar-refractivity contribution in [2.45, 2.75) is 34.2 Å². The van der Waals surface area contributed by atoms with Crippen molar-refractivity contribution in [3.63, 3.8) is 0 Å². The minimum absolute atomic E-state index is 0.453. The van der Waals surface area contributed by atoms with Gasteiger partial charge in [-0.25, -0.2) is 0 Å². The van der Waals surface area contributed by atoms with E-state index in [1.54, 1.807) is 0 Å². The fourth-order valence-corrected chi connectivity index (χ4v) is 3.46. The lowest BCUT2D eigenvalue weighted by molar-refractivity contribution is -0.936. The van der Waals surface area contributed by atoms with Gasteiger partial charge in [0, 0.05) is 23.7 Å². The first-order valence-corrected chi connectivity index (χ1v) is 10.7. The van der Waals surface area contributed by atoms with Gasteiger partial charge < -0.3 is 20.0 Å². The predicted octanol–water partition coefficient (Wildman–Crippen LogP) is 2.27. The Balaban J connectivity index is 2.50. The monoisotopic (exact) mass is 411 g/mol. The fraction of sp³-hybridized carbons (Fsp3) is 0.619. The highest BCUT2D eigenvalue weighted by Crippen LogP contribution is 2.21. The third kappa shape index (κ3) is 7.78. The van der Waals surface area contributed by atoms with Crippen molar-refractivity contribution in [2.24, 2.45) is 0 Å². The van der Waals surface area contributed by atoms with Gasteiger partial charge in [-0.2, -0.15) is 0 Å². The molecule has 0 bridgehead atoms. The molecule has 2 amide bonds. The standard InChI is InChI=1S/C21H35ClN4O2/c1-5-25(6-2)15-13-23-20(27)21(28)24-14-16-26(7-3,8-4)17-18-11-9-10-12-19(18)22/h9-12H,5-8,13-17H2,1-4H3,(H-,23,24,27,28)/p+1. The normalized spacial score (nSPS) is 11.5. The molecule has 0 aromatic heterocycles. The summed E-state index contributed by atoms with van der Waals surface area (Å²) in [6.07, 6.45) is 0. The molecule has 1 aromatic carbocycles. The van der Waals surface area contributed by atoms with Gasteiger partial charge in [0.2, 0.25) is 0 Å². The first-order valence-electron chi connectivity index (χ1n) is 10.3. The summed E-state index contributed by atoms with van der Waals surface area (Å²) >= 11 is 6.33. The van der Waals surface area contributed by atoms with Crippen molar-refractivity contribution < 1.29 is 14.1 Å². The van der Waals surface area contributed by atoms with Gasteiger partial charge in [0.1, 0.15) is 6.54 Å². The Morgan fingerprint density at radius 1 is 0.964 bits per heavy atom. The number of halogens is 1. The van der Waals surface area contributed by atoms with Crippen LogP contribution in [0.15, 0.2) is 24.3 Å². The van der Waals surface area contributed by atoms with E-state index in [2.05, 4.69) is 43.2 Å². The van der Waals surface area contributed by atoms with Crippen LogP contribution < -0.4 is 10.6 Å². The number of amides is 2. The van der Waals surface area contributed by atoms with Gasteiger partial charge in [-0.1, -0.05) is 43.6 Å². The van der Waals surface area contributed by atoms with E-state index in [4.69, 9.17) is 11.6 Å². The molecule has 1 aromatic rings. The van der Waals surface area contributed by atoms with Crippen molar-refractivity contribution in [1.29, 1.82) is 0 Å². The Kier molecular flexibility index (Phi) is 11.1.